The van der Waals surface area contributed by atoms with Crippen molar-refractivity contribution in [2.45, 2.75) is 6.61 Å². The van der Waals surface area contributed by atoms with Gasteiger partial charge in [0.2, 0.25) is 0 Å². The molecule has 0 radical (unpaired) electrons. The summed E-state index contributed by atoms with van der Waals surface area (Å²) in [5.74, 6) is -0.919. The minimum Gasteiger partial charge on any atom is -0.496 e. The number of aromatic nitrogens is 1. The van der Waals surface area contributed by atoms with Gasteiger partial charge in [-0.3, -0.25) is 4.98 Å². The van der Waals surface area contributed by atoms with Crippen LogP contribution in [0.15, 0.2) is 30.5 Å². The number of benzene rings is 1. The molecule has 0 bridgehead atoms. The molecular formula is C15H14FNO4. The minimum atomic E-state index is -0.646. The van der Waals surface area contributed by atoms with E-state index in [1.54, 1.807) is 6.07 Å². The van der Waals surface area contributed by atoms with Gasteiger partial charge in [-0.25, -0.2) is 9.18 Å². The molecule has 0 aliphatic carbocycles. The summed E-state index contributed by atoms with van der Waals surface area (Å²) in [6, 6.07) is 5.79. The molecule has 6 heteroatoms. The van der Waals surface area contributed by atoms with E-state index in [9.17, 15) is 14.3 Å². The number of nitrogens with zero attached hydrogens (tertiary/aromatic N) is 1. The van der Waals surface area contributed by atoms with Crippen molar-refractivity contribution in [3.63, 3.8) is 0 Å². The first-order chi connectivity index (χ1) is 10.1. The van der Waals surface area contributed by atoms with E-state index in [-0.39, 0.29) is 29.0 Å². The first-order valence-electron chi connectivity index (χ1n) is 6.13. The van der Waals surface area contributed by atoms with Gasteiger partial charge in [-0.1, -0.05) is 6.07 Å². The fourth-order valence-electron chi connectivity index (χ4n) is 2.00. The molecule has 5 nitrogen and oxygen atoms in total. The highest BCUT2D eigenvalue weighted by Crippen LogP contribution is 2.35. The standard InChI is InChI=1S/C15H14FNO4/c1-20-13-5-3-4-12(16)14(13)10-6-9(8-18)17-7-11(10)15(19)21-2/h3-7,18H,8H2,1-2H3. The Labute approximate surface area is 121 Å². The molecule has 0 fully saturated rings. The number of methoxy groups -OCH3 is 2. The lowest BCUT2D eigenvalue weighted by molar-refractivity contribution is 0.0601. The number of hydrogen-bond acceptors (Lipinski definition) is 5. The Kier molecular flexibility index (Phi) is 4.49. The number of esters is 1. The lowest BCUT2D eigenvalue weighted by Crippen LogP contribution is -2.07. The molecule has 0 amide bonds. The van der Waals surface area contributed by atoms with E-state index in [0.717, 1.165) is 0 Å². The van der Waals surface area contributed by atoms with Crippen molar-refractivity contribution in [3.8, 4) is 16.9 Å². The van der Waals surface area contributed by atoms with Crippen molar-refractivity contribution < 1.29 is 23.8 Å². The third-order valence-electron chi connectivity index (χ3n) is 2.99. The third-order valence-corrected chi connectivity index (χ3v) is 2.99. The van der Waals surface area contributed by atoms with Crippen molar-refractivity contribution in [1.29, 1.82) is 0 Å². The van der Waals surface area contributed by atoms with Gasteiger partial charge in [-0.15, -0.1) is 0 Å². The molecule has 1 heterocycles. The number of carbonyl (C=O) groups excluding carboxylic acids is 1. The number of aliphatic hydroxyl groups excluding tert-OH is 1. The highest BCUT2D eigenvalue weighted by molar-refractivity contribution is 5.98. The van der Waals surface area contributed by atoms with Crippen molar-refractivity contribution in [1.82, 2.24) is 4.98 Å². The lowest BCUT2D eigenvalue weighted by atomic mass is 9.99. The topological polar surface area (TPSA) is 68.7 Å². The van der Waals surface area contributed by atoms with Crippen molar-refractivity contribution in [2.75, 3.05) is 14.2 Å². The number of carbonyl (C=O) groups is 1. The Balaban J connectivity index is 2.75. The van der Waals surface area contributed by atoms with Crippen LogP contribution in [0, 0.1) is 5.82 Å². The first-order valence-corrected chi connectivity index (χ1v) is 6.13. The normalized spacial score (nSPS) is 10.3. The third kappa shape index (κ3) is 2.85. The number of pyridine rings is 1. The summed E-state index contributed by atoms with van der Waals surface area (Å²) in [7, 11) is 2.63. The first kappa shape index (κ1) is 14.9. The summed E-state index contributed by atoms with van der Waals surface area (Å²) in [5, 5.41) is 9.19. The summed E-state index contributed by atoms with van der Waals surface area (Å²) >= 11 is 0. The van der Waals surface area contributed by atoms with E-state index in [1.807, 2.05) is 0 Å². The van der Waals surface area contributed by atoms with Gasteiger partial charge in [-0.05, 0) is 18.2 Å². The van der Waals surface area contributed by atoms with Gasteiger partial charge in [0.25, 0.3) is 0 Å². The maximum atomic E-state index is 14.2. The molecule has 1 N–H and O–H groups in total. The van der Waals surface area contributed by atoms with Gasteiger partial charge in [-0.2, -0.15) is 0 Å². The fraction of sp³-hybridized carbons (Fsp3) is 0.200. The van der Waals surface area contributed by atoms with Crippen LogP contribution in [0.4, 0.5) is 4.39 Å². The zero-order valence-corrected chi connectivity index (χ0v) is 11.6. The SMILES string of the molecule is COC(=O)c1cnc(CO)cc1-c1c(F)cccc1OC. The van der Waals surface area contributed by atoms with Crippen LogP contribution in [-0.4, -0.2) is 30.3 Å². The molecule has 2 rings (SSSR count). The predicted molar refractivity (Wildman–Crippen MR) is 73.4 cm³/mol. The quantitative estimate of drug-likeness (QED) is 0.874. The molecule has 0 saturated carbocycles. The molecule has 0 spiro atoms. The van der Waals surface area contributed by atoms with Crippen molar-refractivity contribution in [3.05, 3.63) is 47.5 Å². The molecule has 1 aromatic carbocycles. The zero-order chi connectivity index (χ0) is 15.4. The summed E-state index contributed by atoms with van der Waals surface area (Å²) < 4.78 is 24.0. The highest BCUT2D eigenvalue weighted by Gasteiger charge is 2.20. The van der Waals surface area contributed by atoms with Crippen LogP contribution >= 0.6 is 0 Å². The molecule has 110 valence electrons. The number of hydrogen-bond donors (Lipinski definition) is 1. The van der Waals surface area contributed by atoms with Gasteiger partial charge in [0.05, 0.1) is 37.6 Å². The number of aliphatic hydroxyl groups is 1. The van der Waals surface area contributed by atoms with Crippen LogP contribution in [0.5, 0.6) is 5.75 Å². The zero-order valence-electron chi connectivity index (χ0n) is 11.6. The van der Waals surface area contributed by atoms with Crippen LogP contribution < -0.4 is 4.74 Å². The van der Waals surface area contributed by atoms with Crippen LogP contribution in [0.1, 0.15) is 16.1 Å². The molecule has 0 unspecified atom stereocenters. The van der Waals surface area contributed by atoms with Crippen molar-refractivity contribution in [2.24, 2.45) is 0 Å². The van der Waals surface area contributed by atoms with E-state index < -0.39 is 11.8 Å². The maximum absolute atomic E-state index is 14.2. The molecule has 21 heavy (non-hydrogen) atoms. The smallest absolute Gasteiger partial charge is 0.340 e. The monoisotopic (exact) mass is 291 g/mol. The number of rotatable bonds is 4. The molecule has 2 aromatic rings. The van der Waals surface area contributed by atoms with Gasteiger partial charge in [0.1, 0.15) is 11.6 Å². The van der Waals surface area contributed by atoms with E-state index in [4.69, 9.17) is 4.74 Å². The Morgan fingerprint density at radius 1 is 1.38 bits per heavy atom. The van der Waals surface area contributed by atoms with Crippen LogP contribution in [0.3, 0.4) is 0 Å². The highest BCUT2D eigenvalue weighted by atomic mass is 19.1. The van der Waals surface area contributed by atoms with E-state index >= 15 is 0 Å². The summed E-state index contributed by atoms with van der Waals surface area (Å²) in [6.45, 7) is -0.328. The molecule has 0 aliphatic rings. The second kappa shape index (κ2) is 6.32. The minimum absolute atomic E-state index is 0.0955. The Hall–Kier alpha value is -2.47. The average Bonchev–Trinajstić information content (AvgIpc) is 2.53. The Bertz CT molecular complexity index is 673. The summed E-state index contributed by atoms with van der Waals surface area (Å²) in [5.41, 5.74) is 0.786. The Morgan fingerprint density at radius 3 is 2.76 bits per heavy atom. The second-order valence-corrected chi connectivity index (χ2v) is 4.19. The summed E-state index contributed by atoms with van der Waals surface area (Å²) in [6.07, 6.45) is 1.25. The van der Waals surface area contributed by atoms with Gasteiger partial charge in [0.15, 0.2) is 0 Å². The van der Waals surface area contributed by atoms with Gasteiger partial charge in [0, 0.05) is 11.8 Å². The number of halogens is 1. The second-order valence-electron chi connectivity index (χ2n) is 4.19. The van der Waals surface area contributed by atoms with Crippen molar-refractivity contribution >= 4 is 5.97 Å². The fourth-order valence-corrected chi connectivity index (χ4v) is 2.00. The molecule has 0 atom stereocenters. The average molecular weight is 291 g/mol. The van der Waals surface area contributed by atoms with E-state index in [1.165, 1.54) is 38.6 Å². The largest absolute Gasteiger partial charge is 0.496 e. The van der Waals surface area contributed by atoms with E-state index in [2.05, 4.69) is 9.72 Å². The lowest BCUT2D eigenvalue weighted by Gasteiger charge is -2.13. The Morgan fingerprint density at radius 2 is 2.14 bits per heavy atom. The van der Waals surface area contributed by atoms with Crippen LogP contribution in [-0.2, 0) is 11.3 Å². The van der Waals surface area contributed by atoms with Crippen LogP contribution in [0.2, 0.25) is 0 Å². The molecular weight excluding hydrogens is 277 g/mol. The van der Waals surface area contributed by atoms with Gasteiger partial charge < -0.3 is 14.6 Å². The molecule has 0 saturated heterocycles. The summed E-state index contributed by atoms with van der Waals surface area (Å²) in [4.78, 5) is 15.8. The number of ether oxygens (including phenoxy) is 2. The molecule has 1 aromatic heterocycles. The maximum Gasteiger partial charge on any atom is 0.340 e. The van der Waals surface area contributed by atoms with E-state index in [0.29, 0.717) is 5.69 Å². The predicted octanol–water partition coefficient (Wildman–Crippen LogP) is 2.18. The van der Waals surface area contributed by atoms with Gasteiger partial charge >= 0.3 is 5.97 Å². The molecule has 0 aliphatic heterocycles. The van der Waals surface area contributed by atoms with Crippen LogP contribution in [0.25, 0.3) is 11.1 Å².